The number of benzene rings is 1. The van der Waals surface area contributed by atoms with Crippen LogP contribution in [0.4, 0.5) is 0 Å². The van der Waals surface area contributed by atoms with Crippen molar-refractivity contribution in [2.75, 3.05) is 27.4 Å². The van der Waals surface area contributed by atoms with Gasteiger partial charge in [-0.05, 0) is 12.1 Å². The largest absolute Gasteiger partial charge is 0.496 e. The molecule has 0 aliphatic carbocycles. The molecule has 0 spiro atoms. The summed E-state index contributed by atoms with van der Waals surface area (Å²) in [7, 11) is 3.04. The van der Waals surface area contributed by atoms with Crippen LogP contribution >= 0.6 is 0 Å². The molecule has 1 rings (SSSR count). The van der Waals surface area contributed by atoms with Gasteiger partial charge in [-0.2, -0.15) is 5.10 Å². The maximum atomic E-state index is 11.4. The topological polar surface area (TPSA) is 89.0 Å². The summed E-state index contributed by atoms with van der Waals surface area (Å²) in [6, 6.07) is 7.16. The van der Waals surface area contributed by atoms with E-state index < -0.39 is 11.8 Å². The van der Waals surface area contributed by atoms with Crippen LogP contribution in [0, 0.1) is 0 Å². The van der Waals surface area contributed by atoms with Gasteiger partial charge < -0.3 is 14.8 Å². The Hall–Kier alpha value is -2.41. The van der Waals surface area contributed by atoms with Gasteiger partial charge in [-0.1, -0.05) is 12.1 Å². The van der Waals surface area contributed by atoms with Crippen molar-refractivity contribution in [1.82, 2.24) is 10.7 Å². The second-order valence-electron chi connectivity index (χ2n) is 3.69. The number of hydrogen-bond donors (Lipinski definition) is 2. The molecule has 7 nitrogen and oxygen atoms in total. The molecule has 7 heteroatoms. The molecule has 2 N–H and O–H groups in total. The molecule has 1 aromatic carbocycles. The zero-order valence-corrected chi connectivity index (χ0v) is 11.4. The Morgan fingerprint density at radius 3 is 2.70 bits per heavy atom. The van der Waals surface area contributed by atoms with E-state index in [1.807, 2.05) is 12.1 Å². The molecule has 0 aromatic heterocycles. The van der Waals surface area contributed by atoms with Crippen LogP contribution < -0.4 is 15.5 Å². The third-order valence-corrected chi connectivity index (χ3v) is 2.31. The molecular weight excluding hydrogens is 262 g/mol. The number of hydrazone groups is 1. The van der Waals surface area contributed by atoms with Crippen molar-refractivity contribution in [3.63, 3.8) is 0 Å². The first-order chi connectivity index (χ1) is 9.69. The van der Waals surface area contributed by atoms with E-state index in [4.69, 9.17) is 9.47 Å². The molecule has 108 valence electrons. The normalized spacial score (nSPS) is 10.3. The molecule has 0 aliphatic rings. The Morgan fingerprint density at radius 2 is 2.00 bits per heavy atom. The van der Waals surface area contributed by atoms with Gasteiger partial charge in [0, 0.05) is 19.2 Å². The first-order valence-electron chi connectivity index (χ1n) is 5.92. The van der Waals surface area contributed by atoms with Gasteiger partial charge in [0.25, 0.3) is 0 Å². The Labute approximate surface area is 117 Å². The van der Waals surface area contributed by atoms with Gasteiger partial charge in [0.1, 0.15) is 5.75 Å². The number of carbonyl (C=O) groups is 2. The lowest BCUT2D eigenvalue weighted by atomic mass is 10.2. The van der Waals surface area contributed by atoms with E-state index in [1.54, 1.807) is 12.1 Å². The molecular formula is C13H17N3O4. The van der Waals surface area contributed by atoms with Crippen LogP contribution in [0.5, 0.6) is 5.75 Å². The van der Waals surface area contributed by atoms with Gasteiger partial charge in [0.2, 0.25) is 0 Å². The fraction of sp³-hybridized carbons (Fsp3) is 0.308. The number of amides is 2. The zero-order chi connectivity index (χ0) is 14.8. The highest BCUT2D eigenvalue weighted by Gasteiger charge is 2.11. The van der Waals surface area contributed by atoms with Gasteiger partial charge in [0.15, 0.2) is 0 Å². The number of hydrogen-bond acceptors (Lipinski definition) is 5. The predicted molar refractivity (Wildman–Crippen MR) is 73.6 cm³/mol. The average molecular weight is 279 g/mol. The average Bonchev–Trinajstić information content (AvgIpc) is 2.47. The van der Waals surface area contributed by atoms with Gasteiger partial charge in [-0.25, -0.2) is 5.43 Å². The van der Waals surface area contributed by atoms with Crippen LogP contribution in [-0.2, 0) is 14.3 Å². The molecule has 1 aromatic rings. The van der Waals surface area contributed by atoms with E-state index in [2.05, 4.69) is 15.8 Å². The molecule has 0 unspecified atom stereocenters. The van der Waals surface area contributed by atoms with E-state index in [-0.39, 0.29) is 6.54 Å². The fourth-order valence-corrected chi connectivity index (χ4v) is 1.33. The maximum Gasteiger partial charge on any atom is 0.329 e. The van der Waals surface area contributed by atoms with E-state index >= 15 is 0 Å². The van der Waals surface area contributed by atoms with E-state index in [1.165, 1.54) is 20.4 Å². The monoisotopic (exact) mass is 279 g/mol. The van der Waals surface area contributed by atoms with Crippen LogP contribution in [-0.4, -0.2) is 45.4 Å². The highest BCUT2D eigenvalue weighted by molar-refractivity contribution is 6.35. The molecule has 0 saturated heterocycles. The molecule has 0 radical (unpaired) electrons. The van der Waals surface area contributed by atoms with Crippen molar-refractivity contribution in [2.24, 2.45) is 5.10 Å². The van der Waals surface area contributed by atoms with Crippen LogP contribution in [0.15, 0.2) is 29.4 Å². The van der Waals surface area contributed by atoms with Crippen LogP contribution in [0.3, 0.4) is 0 Å². The van der Waals surface area contributed by atoms with Crippen molar-refractivity contribution >= 4 is 18.0 Å². The number of methoxy groups -OCH3 is 2. The number of para-hydroxylation sites is 1. The maximum absolute atomic E-state index is 11.4. The number of nitrogens with zero attached hydrogens (tertiary/aromatic N) is 1. The smallest absolute Gasteiger partial charge is 0.329 e. The van der Waals surface area contributed by atoms with Gasteiger partial charge in [-0.3, -0.25) is 9.59 Å². The zero-order valence-electron chi connectivity index (χ0n) is 11.4. The predicted octanol–water partition coefficient (Wildman–Crippen LogP) is -0.0921. The Balaban J connectivity index is 2.47. The molecule has 0 heterocycles. The Bertz CT molecular complexity index is 488. The molecule has 20 heavy (non-hydrogen) atoms. The minimum absolute atomic E-state index is 0.263. The van der Waals surface area contributed by atoms with Gasteiger partial charge >= 0.3 is 11.8 Å². The SMILES string of the molecule is COCCNC(=O)C(=O)N/N=C\c1ccccc1OC. The summed E-state index contributed by atoms with van der Waals surface area (Å²) in [4.78, 5) is 22.7. The Kier molecular flexibility index (Phi) is 6.77. The van der Waals surface area contributed by atoms with Crippen LogP contribution in [0.25, 0.3) is 0 Å². The summed E-state index contributed by atoms with van der Waals surface area (Å²) in [6.07, 6.45) is 1.40. The minimum atomic E-state index is -0.841. The first kappa shape index (κ1) is 15.6. The van der Waals surface area contributed by atoms with Crippen LogP contribution in [0.1, 0.15) is 5.56 Å². The molecule has 0 bridgehead atoms. The number of rotatable bonds is 6. The molecule has 0 fully saturated rings. The van der Waals surface area contributed by atoms with E-state index in [0.29, 0.717) is 17.9 Å². The first-order valence-corrected chi connectivity index (χ1v) is 5.92. The number of nitrogens with one attached hydrogen (secondary N) is 2. The van der Waals surface area contributed by atoms with Crippen molar-refractivity contribution in [3.8, 4) is 5.75 Å². The standard InChI is InChI=1S/C13H17N3O4/c1-19-8-7-14-12(17)13(18)16-15-9-10-5-3-4-6-11(10)20-2/h3-6,9H,7-8H2,1-2H3,(H,14,17)(H,16,18)/b15-9-. The summed E-state index contributed by atoms with van der Waals surface area (Å²) < 4.78 is 9.87. The summed E-state index contributed by atoms with van der Waals surface area (Å²) in [5.74, 6) is -0.985. The highest BCUT2D eigenvalue weighted by atomic mass is 16.5. The summed E-state index contributed by atoms with van der Waals surface area (Å²) in [5, 5.41) is 6.08. The fourth-order valence-electron chi connectivity index (χ4n) is 1.33. The molecule has 0 aliphatic heterocycles. The van der Waals surface area contributed by atoms with Crippen molar-refractivity contribution in [1.29, 1.82) is 0 Å². The lowest BCUT2D eigenvalue weighted by Crippen LogP contribution is -2.39. The van der Waals surface area contributed by atoms with Crippen molar-refractivity contribution in [3.05, 3.63) is 29.8 Å². The Morgan fingerprint density at radius 1 is 1.25 bits per heavy atom. The van der Waals surface area contributed by atoms with E-state index in [9.17, 15) is 9.59 Å². The minimum Gasteiger partial charge on any atom is -0.496 e. The van der Waals surface area contributed by atoms with Crippen LogP contribution in [0.2, 0.25) is 0 Å². The molecule has 0 atom stereocenters. The second-order valence-corrected chi connectivity index (χ2v) is 3.69. The number of carbonyl (C=O) groups excluding carboxylic acids is 2. The second kappa shape index (κ2) is 8.65. The summed E-state index contributed by atoms with van der Waals surface area (Å²) in [6.45, 7) is 0.600. The summed E-state index contributed by atoms with van der Waals surface area (Å²) >= 11 is 0. The highest BCUT2D eigenvalue weighted by Crippen LogP contribution is 2.14. The van der Waals surface area contributed by atoms with Crippen molar-refractivity contribution < 1.29 is 19.1 Å². The molecule has 2 amide bonds. The number of ether oxygens (including phenoxy) is 2. The summed E-state index contributed by atoms with van der Waals surface area (Å²) in [5.41, 5.74) is 2.82. The lowest BCUT2D eigenvalue weighted by molar-refractivity contribution is -0.139. The third-order valence-electron chi connectivity index (χ3n) is 2.31. The van der Waals surface area contributed by atoms with Gasteiger partial charge in [0.05, 0.1) is 19.9 Å². The van der Waals surface area contributed by atoms with Crippen molar-refractivity contribution in [2.45, 2.75) is 0 Å². The van der Waals surface area contributed by atoms with Gasteiger partial charge in [-0.15, -0.1) is 0 Å². The quantitative estimate of drug-likeness (QED) is 0.329. The third kappa shape index (κ3) is 5.07. The molecule has 0 saturated carbocycles. The van der Waals surface area contributed by atoms with E-state index in [0.717, 1.165) is 0 Å². The lowest BCUT2D eigenvalue weighted by Gasteiger charge is -2.04.